The average Bonchev–Trinajstić information content (AvgIpc) is 3.47. The fourth-order valence-corrected chi connectivity index (χ4v) is 3.70. The third-order valence-corrected chi connectivity index (χ3v) is 5.24. The number of rotatable bonds is 6. The lowest BCUT2D eigenvalue weighted by Crippen LogP contribution is -2.35. The Hall–Kier alpha value is -2.98. The van der Waals surface area contributed by atoms with Crippen molar-refractivity contribution in [3.8, 4) is 6.07 Å². The highest BCUT2D eigenvalue weighted by atomic mass is 16.5. The van der Waals surface area contributed by atoms with Crippen LogP contribution in [0.1, 0.15) is 25.0 Å². The van der Waals surface area contributed by atoms with Gasteiger partial charge in [0, 0.05) is 31.6 Å². The van der Waals surface area contributed by atoms with Crippen LogP contribution < -0.4 is 10.2 Å². The van der Waals surface area contributed by atoms with Gasteiger partial charge in [0.05, 0.1) is 18.4 Å². The molecule has 1 amide bonds. The predicted octanol–water partition coefficient (Wildman–Crippen LogP) is 3.02. The van der Waals surface area contributed by atoms with E-state index in [-0.39, 0.29) is 11.8 Å². The second-order valence-electron chi connectivity index (χ2n) is 7.04. The Balaban J connectivity index is 1.54. The minimum absolute atomic E-state index is 0.0788. The minimum atomic E-state index is -0.840. The maximum absolute atomic E-state index is 13.0. The lowest BCUT2D eigenvalue weighted by atomic mass is 9.83. The third kappa shape index (κ3) is 3.24. The number of nitrogens with zero attached hydrogens (tertiary/aromatic N) is 4. The topological polar surface area (TPSA) is 91.1 Å². The molecule has 1 saturated carbocycles. The number of amides is 1. The molecule has 1 saturated heterocycles. The maximum atomic E-state index is 13.0. The zero-order chi connectivity index (χ0) is 18.9. The first-order chi connectivity index (χ1) is 13.2. The molecule has 138 valence electrons. The lowest BCUT2D eigenvalue weighted by Gasteiger charge is -2.21. The van der Waals surface area contributed by atoms with Crippen molar-refractivity contribution < 1.29 is 9.53 Å². The molecule has 7 nitrogen and oxygen atoms in total. The largest absolute Gasteiger partial charge is 0.378 e. The number of carbonyl (C=O) groups is 1. The molecule has 0 bridgehead atoms. The van der Waals surface area contributed by atoms with Crippen LogP contribution in [0.15, 0.2) is 36.5 Å². The molecule has 0 aromatic carbocycles. The summed E-state index contributed by atoms with van der Waals surface area (Å²) in [6.07, 6.45) is 4.20. The molecule has 2 fully saturated rings. The number of hydrogen-bond donors (Lipinski definition) is 1. The zero-order valence-electron chi connectivity index (χ0n) is 15.2. The Morgan fingerprint density at radius 3 is 2.96 bits per heavy atom. The quantitative estimate of drug-likeness (QED) is 0.848. The molecule has 0 radical (unpaired) electrons. The van der Waals surface area contributed by atoms with Gasteiger partial charge in [-0.25, -0.2) is 9.97 Å². The molecular formula is C20H21N5O2. The van der Waals surface area contributed by atoms with Crippen LogP contribution >= 0.6 is 0 Å². The number of carbonyl (C=O) groups excluding carboxylic acids is 1. The van der Waals surface area contributed by atoms with Crippen molar-refractivity contribution in [3.63, 3.8) is 0 Å². The van der Waals surface area contributed by atoms with E-state index in [4.69, 9.17) is 4.74 Å². The molecule has 1 aliphatic heterocycles. The van der Waals surface area contributed by atoms with Gasteiger partial charge in [0.2, 0.25) is 5.91 Å². The Kier molecular flexibility index (Phi) is 4.50. The standard InChI is InChI=1S/C20H21N5O2/c1-27-12-15-3-2-4-17(23-15)24-18-11-16(7-9-22-18)25-10-8-20(13-21,19(25)26)14-5-6-14/h2-4,7,9,11,14H,5-6,8,10,12H2,1H3,(H,22,23,24)/t20-/m1/s1. The Morgan fingerprint density at radius 1 is 1.37 bits per heavy atom. The van der Waals surface area contributed by atoms with Crippen LogP contribution in [0.2, 0.25) is 0 Å². The van der Waals surface area contributed by atoms with E-state index in [1.165, 1.54) is 0 Å². The van der Waals surface area contributed by atoms with Crippen LogP contribution in [-0.2, 0) is 16.1 Å². The van der Waals surface area contributed by atoms with Crippen LogP contribution in [-0.4, -0.2) is 29.5 Å². The second kappa shape index (κ2) is 6.97. The number of pyridine rings is 2. The van der Waals surface area contributed by atoms with E-state index >= 15 is 0 Å². The van der Waals surface area contributed by atoms with E-state index in [0.29, 0.717) is 31.2 Å². The number of hydrogen-bond acceptors (Lipinski definition) is 6. The number of nitriles is 1. The van der Waals surface area contributed by atoms with Crippen molar-refractivity contribution in [1.82, 2.24) is 9.97 Å². The van der Waals surface area contributed by atoms with Crippen molar-refractivity contribution >= 4 is 23.2 Å². The van der Waals surface area contributed by atoms with Crippen LogP contribution in [0.4, 0.5) is 17.3 Å². The molecule has 2 aliphatic rings. The van der Waals surface area contributed by atoms with Gasteiger partial charge in [-0.3, -0.25) is 4.79 Å². The van der Waals surface area contributed by atoms with Gasteiger partial charge in [-0.2, -0.15) is 5.26 Å². The van der Waals surface area contributed by atoms with Crippen LogP contribution in [0.5, 0.6) is 0 Å². The van der Waals surface area contributed by atoms with Gasteiger partial charge >= 0.3 is 0 Å². The van der Waals surface area contributed by atoms with Gasteiger partial charge < -0.3 is 15.0 Å². The molecule has 7 heteroatoms. The first kappa shape index (κ1) is 17.4. The number of nitrogens with one attached hydrogen (secondary N) is 1. The first-order valence-corrected chi connectivity index (χ1v) is 9.07. The number of anilines is 3. The highest BCUT2D eigenvalue weighted by Gasteiger charge is 2.56. The van der Waals surface area contributed by atoms with Gasteiger partial charge in [-0.05, 0) is 43.4 Å². The first-order valence-electron chi connectivity index (χ1n) is 9.07. The normalized spacial score (nSPS) is 21.9. The molecule has 4 rings (SSSR count). The summed E-state index contributed by atoms with van der Waals surface area (Å²) in [6.45, 7) is 0.997. The van der Waals surface area contributed by atoms with Crippen molar-refractivity contribution in [2.75, 3.05) is 23.9 Å². The van der Waals surface area contributed by atoms with Crippen LogP contribution in [0, 0.1) is 22.7 Å². The third-order valence-electron chi connectivity index (χ3n) is 5.24. The summed E-state index contributed by atoms with van der Waals surface area (Å²) in [4.78, 5) is 23.5. The van der Waals surface area contributed by atoms with Gasteiger partial charge in [-0.1, -0.05) is 6.07 Å². The Morgan fingerprint density at radius 2 is 2.22 bits per heavy atom. The molecule has 1 aliphatic carbocycles. The molecule has 0 unspecified atom stereocenters. The summed E-state index contributed by atoms with van der Waals surface area (Å²) in [6, 6.07) is 11.6. The highest BCUT2D eigenvalue weighted by molar-refractivity contribution is 6.02. The summed E-state index contributed by atoms with van der Waals surface area (Å²) in [5.74, 6) is 1.39. The molecule has 1 atom stereocenters. The van der Waals surface area contributed by atoms with E-state index in [1.807, 2.05) is 24.3 Å². The van der Waals surface area contributed by atoms with Gasteiger partial charge in [0.1, 0.15) is 17.1 Å². The molecular weight excluding hydrogens is 342 g/mol. The highest BCUT2D eigenvalue weighted by Crippen LogP contribution is 2.51. The molecule has 3 heterocycles. The number of ether oxygens (including phenoxy) is 1. The zero-order valence-corrected chi connectivity index (χ0v) is 15.2. The van der Waals surface area contributed by atoms with Crippen molar-refractivity contribution in [2.45, 2.75) is 25.9 Å². The van der Waals surface area contributed by atoms with Gasteiger partial charge in [-0.15, -0.1) is 0 Å². The summed E-state index contributed by atoms with van der Waals surface area (Å²) >= 11 is 0. The summed E-state index contributed by atoms with van der Waals surface area (Å²) in [5.41, 5.74) is 0.729. The number of methoxy groups -OCH3 is 1. The van der Waals surface area contributed by atoms with Crippen molar-refractivity contribution in [2.24, 2.45) is 11.3 Å². The Labute approximate surface area is 158 Å². The smallest absolute Gasteiger partial charge is 0.247 e. The number of aromatic nitrogens is 2. The van der Waals surface area contributed by atoms with E-state index in [2.05, 4.69) is 21.4 Å². The molecule has 2 aromatic heterocycles. The van der Waals surface area contributed by atoms with Crippen molar-refractivity contribution in [3.05, 3.63) is 42.2 Å². The lowest BCUT2D eigenvalue weighted by molar-refractivity contribution is -0.123. The fraction of sp³-hybridized carbons (Fsp3) is 0.400. The van der Waals surface area contributed by atoms with E-state index in [0.717, 1.165) is 24.2 Å². The second-order valence-corrected chi connectivity index (χ2v) is 7.04. The maximum Gasteiger partial charge on any atom is 0.247 e. The molecule has 27 heavy (non-hydrogen) atoms. The van der Waals surface area contributed by atoms with E-state index < -0.39 is 5.41 Å². The average molecular weight is 363 g/mol. The Bertz CT molecular complexity index is 905. The SMILES string of the molecule is COCc1cccc(Nc2cc(N3CC[C@@](C#N)(C4CC4)C3=O)ccn2)n1. The van der Waals surface area contributed by atoms with E-state index in [1.54, 1.807) is 24.3 Å². The summed E-state index contributed by atoms with van der Waals surface area (Å²) < 4.78 is 5.11. The van der Waals surface area contributed by atoms with Gasteiger partial charge in [0.15, 0.2) is 0 Å². The van der Waals surface area contributed by atoms with E-state index in [9.17, 15) is 10.1 Å². The fourth-order valence-electron chi connectivity index (χ4n) is 3.70. The summed E-state index contributed by atoms with van der Waals surface area (Å²) in [7, 11) is 1.63. The van der Waals surface area contributed by atoms with Crippen LogP contribution in [0.3, 0.4) is 0 Å². The molecule has 1 N–H and O–H groups in total. The predicted molar refractivity (Wildman–Crippen MR) is 100 cm³/mol. The van der Waals surface area contributed by atoms with Crippen molar-refractivity contribution in [1.29, 1.82) is 5.26 Å². The minimum Gasteiger partial charge on any atom is -0.378 e. The molecule has 2 aromatic rings. The van der Waals surface area contributed by atoms with Gasteiger partial charge in [0.25, 0.3) is 0 Å². The molecule has 0 spiro atoms. The van der Waals surface area contributed by atoms with Crippen LogP contribution in [0.25, 0.3) is 0 Å². The summed E-state index contributed by atoms with van der Waals surface area (Å²) in [5, 5.41) is 12.8. The monoisotopic (exact) mass is 363 g/mol.